The molecule has 0 aliphatic carbocycles. The van der Waals surface area contributed by atoms with Crippen molar-refractivity contribution >= 4 is 22.5 Å². The third-order valence-corrected chi connectivity index (χ3v) is 5.28. The molecule has 4 nitrogen and oxygen atoms in total. The molecule has 0 saturated carbocycles. The van der Waals surface area contributed by atoms with Crippen molar-refractivity contribution < 1.29 is 14.6 Å². The number of methoxy groups -OCH3 is 1. The summed E-state index contributed by atoms with van der Waals surface area (Å²) in [5.41, 5.74) is 5.88. The number of ether oxygens (including phenoxy) is 2. The van der Waals surface area contributed by atoms with Crippen LogP contribution in [0.1, 0.15) is 42.7 Å². The lowest BCUT2D eigenvalue weighted by Gasteiger charge is -2.23. The Morgan fingerprint density at radius 3 is 2.55 bits per heavy atom. The Hall–Kier alpha value is -1.98. The Balaban J connectivity index is 2.22. The van der Waals surface area contributed by atoms with Crippen LogP contribution >= 0.6 is 11.6 Å². The molecule has 1 heterocycles. The number of nitrogens with zero attached hydrogens (tertiary/aromatic N) is 1. The maximum absolute atomic E-state index is 10.1. The monoisotopic (exact) mass is 413 g/mol. The molecule has 1 unspecified atom stereocenters. The summed E-state index contributed by atoms with van der Waals surface area (Å²) in [7, 11) is 1.67. The third kappa shape index (κ3) is 4.96. The van der Waals surface area contributed by atoms with Crippen molar-refractivity contribution in [3.8, 4) is 11.1 Å². The van der Waals surface area contributed by atoms with Crippen LogP contribution < -0.4 is 0 Å². The van der Waals surface area contributed by atoms with Gasteiger partial charge in [-0.1, -0.05) is 43.1 Å². The first-order valence-electron chi connectivity index (χ1n) is 9.99. The molecular weight excluding hydrogens is 386 g/mol. The molecule has 1 atom stereocenters. The highest BCUT2D eigenvalue weighted by Crippen LogP contribution is 2.39. The first kappa shape index (κ1) is 21.7. The molecule has 29 heavy (non-hydrogen) atoms. The van der Waals surface area contributed by atoms with Gasteiger partial charge in [0, 0.05) is 24.1 Å². The molecule has 154 valence electrons. The molecule has 0 saturated heterocycles. The van der Waals surface area contributed by atoms with E-state index in [9.17, 15) is 5.11 Å². The van der Waals surface area contributed by atoms with Crippen LogP contribution in [0, 0.1) is 6.92 Å². The largest absolute Gasteiger partial charge is 0.393 e. The van der Waals surface area contributed by atoms with E-state index in [2.05, 4.69) is 19.1 Å². The number of hydrogen-bond acceptors (Lipinski definition) is 4. The van der Waals surface area contributed by atoms with Gasteiger partial charge in [-0.15, -0.1) is 0 Å². The maximum Gasteiger partial charge on any atom is 0.106 e. The molecule has 1 aromatic heterocycles. The number of rotatable bonds is 9. The smallest absolute Gasteiger partial charge is 0.106 e. The molecule has 0 aliphatic rings. The molecular formula is C24H28ClNO3. The van der Waals surface area contributed by atoms with E-state index in [0.29, 0.717) is 18.2 Å². The van der Waals surface area contributed by atoms with Gasteiger partial charge in [-0.05, 0) is 59.9 Å². The number of fused-ring (bicyclic) bond motifs is 1. The number of benzene rings is 2. The summed E-state index contributed by atoms with van der Waals surface area (Å²) in [6.45, 7) is 5.17. The van der Waals surface area contributed by atoms with Crippen molar-refractivity contribution in [3.63, 3.8) is 0 Å². The molecule has 0 spiro atoms. The van der Waals surface area contributed by atoms with Gasteiger partial charge in [-0.3, -0.25) is 4.98 Å². The normalized spacial score (nSPS) is 12.4. The van der Waals surface area contributed by atoms with Gasteiger partial charge in [0.15, 0.2) is 0 Å². The zero-order valence-corrected chi connectivity index (χ0v) is 18.0. The molecule has 2 aromatic carbocycles. The Labute approximate surface area is 177 Å². The summed E-state index contributed by atoms with van der Waals surface area (Å²) in [6.07, 6.45) is 1.61. The molecule has 3 aromatic rings. The van der Waals surface area contributed by atoms with Crippen molar-refractivity contribution in [2.24, 2.45) is 0 Å². The Morgan fingerprint density at radius 2 is 1.90 bits per heavy atom. The standard InChI is InChI=1S/C24H28ClNO3/c1-4-5-12-29-22(14-27)23-16(2)13-21-20(11-10-19(26-21)15-28-3)24(23)17-6-8-18(25)9-7-17/h6-11,13,22,27H,4-5,12,14-15H2,1-3H3. The van der Waals surface area contributed by atoms with E-state index in [4.69, 9.17) is 26.1 Å². The first-order chi connectivity index (χ1) is 14.1. The van der Waals surface area contributed by atoms with Crippen LogP contribution in [0.4, 0.5) is 0 Å². The molecule has 3 rings (SSSR count). The van der Waals surface area contributed by atoms with Crippen molar-refractivity contribution in [3.05, 3.63) is 64.3 Å². The van der Waals surface area contributed by atoms with E-state index in [1.165, 1.54) is 0 Å². The van der Waals surface area contributed by atoms with Crippen LogP contribution in [0.2, 0.25) is 5.02 Å². The number of aliphatic hydroxyl groups is 1. The van der Waals surface area contributed by atoms with Gasteiger partial charge in [-0.2, -0.15) is 0 Å². The summed E-state index contributed by atoms with van der Waals surface area (Å²) in [5.74, 6) is 0. The highest BCUT2D eigenvalue weighted by Gasteiger charge is 2.22. The number of aliphatic hydroxyl groups excluding tert-OH is 1. The quantitative estimate of drug-likeness (QED) is 0.446. The van der Waals surface area contributed by atoms with Crippen LogP contribution in [-0.2, 0) is 16.1 Å². The first-order valence-corrected chi connectivity index (χ1v) is 10.4. The second kappa shape index (κ2) is 10.2. The lowest BCUT2D eigenvalue weighted by molar-refractivity contribution is 0.0105. The molecule has 1 N–H and O–H groups in total. The predicted molar refractivity (Wildman–Crippen MR) is 118 cm³/mol. The molecule has 0 aliphatic heterocycles. The Morgan fingerprint density at radius 1 is 1.14 bits per heavy atom. The average molecular weight is 414 g/mol. The molecule has 0 radical (unpaired) electrons. The van der Waals surface area contributed by atoms with Crippen LogP contribution in [-0.4, -0.2) is 30.4 Å². The summed E-state index contributed by atoms with van der Waals surface area (Å²) >= 11 is 6.13. The number of aromatic nitrogens is 1. The van der Waals surface area contributed by atoms with E-state index >= 15 is 0 Å². The fourth-order valence-electron chi connectivity index (χ4n) is 3.63. The zero-order valence-electron chi connectivity index (χ0n) is 17.2. The summed E-state index contributed by atoms with van der Waals surface area (Å²) < 4.78 is 11.3. The van der Waals surface area contributed by atoms with Crippen molar-refractivity contribution in [1.29, 1.82) is 0 Å². The fourth-order valence-corrected chi connectivity index (χ4v) is 3.76. The second-order valence-electron chi connectivity index (χ2n) is 7.19. The molecule has 0 bridgehead atoms. The third-order valence-electron chi connectivity index (χ3n) is 5.03. The SMILES string of the molecule is CCCCOC(CO)c1c(C)cc2nc(COC)ccc2c1-c1ccc(Cl)cc1. The average Bonchev–Trinajstić information content (AvgIpc) is 2.72. The van der Waals surface area contributed by atoms with E-state index in [0.717, 1.165) is 51.7 Å². The second-order valence-corrected chi connectivity index (χ2v) is 7.62. The Bertz CT molecular complexity index is 956. The topological polar surface area (TPSA) is 51.6 Å². The number of hydrogen-bond donors (Lipinski definition) is 1. The molecule has 0 fully saturated rings. The highest BCUT2D eigenvalue weighted by atomic mass is 35.5. The summed E-state index contributed by atoms with van der Waals surface area (Å²) in [5, 5.41) is 11.8. The minimum absolute atomic E-state index is 0.0775. The van der Waals surface area contributed by atoms with E-state index in [1.54, 1.807) is 7.11 Å². The summed E-state index contributed by atoms with van der Waals surface area (Å²) in [4.78, 5) is 4.78. The van der Waals surface area contributed by atoms with E-state index < -0.39 is 6.10 Å². The van der Waals surface area contributed by atoms with Crippen LogP contribution in [0.15, 0.2) is 42.5 Å². The number of aryl methyl sites for hydroxylation is 1. The van der Waals surface area contributed by atoms with Crippen LogP contribution in [0.25, 0.3) is 22.0 Å². The van der Waals surface area contributed by atoms with Gasteiger partial charge in [-0.25, -0.2) is 0 Å². The lowest BCUT2D eigenvalue weighted by atomic mass is 9.89. The van der Waals surface area contributed by atoms with Gasteiger partial charge in [0.05, 0.1) is 24.4 Å². The zero-order chi connectivity index (χ0) is 20.8. The van der Waals surface area contributed by atoms with E-state index in [1.807, 2.05) is 37.3 Å². The summed E-state index contributed by atoms with van der Waals surface area (Å²) in [6, 6.07) is 13.9. The van der Waals surface area contributed by atoms with E-state index in [-0.39, 0.29) is 6.61 Å². The van der Waals surface area contributed by atoms with Crippen LogP contribution in [0.5, 0.6) is 0 Å². The van der Waals surface area contributed by atoms with Gasteiger partial charge < -0.3 is 14.6 Å². The van der Waals surface area contributed by atoms with Gasteiger partial charge in [0.1, 0.15) is 6.10 Å². The number of unbranched alkanes of at least 4 members (excludes halogenated alkanes) is 1. The van der Waals surface area contributed by atoms with Gasteiger partial charge >= 0.3 is 0 Å². The van der Waals surface area contributed by atoms with Crippen molar-refractivity contribution in [2.75, 3.05) is 20.3 Å². The lowest BCUT2D eigenvalue weighted by Crippen LogP contribution is -2.13. The Kier molecular flexibility index (Phi) is 7.62. The predicted octanol–water partition coefficient (Wildman–Crippen LogP) is 5.86. The molecule has 0 amide bonds. The van der Waals surface area contributed by atoms with Gasteiger partial charge in [0.2, 0.25) is 0 Å². The minimum Gasteiger partial charge on any atom is -0.393 e. The number of pyridine rings is 1. The van der Waals surface area contributed by atoms with Crippen molar-refractivity contribution in [2.45, 2.75) is 39.4 Å². The number of halogens is 1. The van der Waals surface area contributed by atoms with Gasteiger partial charge in [0.25, 0.3) is 0 Å². The fraction of sp³-hybridized carbons (Fsp3) is 0.375. The highest BCUT2D eigenvalue weighted by molar-refractivity contribution is 6.30. The molecule has 5 heteroatoms. The maximum atomic E-state index is 10.1. The van der Waals surface area contributed by atoms with Crippen molar-refractivity contribution in [1.82, 2.24) is 4.98 Å². The minimum atomic E-state index is -0.393. The van der Waals surface area contributed by atoms with Crippen LogP contribution in [0.3, 0.4) is 0 Å².